The van der Waals surface area contributed by atoms with E-state index in [0.717, 1.165) is 24.4 Å². The molecule has 0 spiro atoms. The van der Waals surface area contributed by atoms with Crippen LogP contribution in [0.3, 0.4) is 0 Å². The van der Waals surface area contributed by atoms with E-state index in [2.05, 4.69) is 36.4 Å². The predicted molar refractivity (Wildman–Crippen MR) is 112 cm³/mol. The molecule has 0 saturated heterocycles. The first-order valence-electron chi connectivity index (χ1n) is 8.29. The van der Waals surface area contributed by atoms with Gasteiger partial charge in [0, 0.05) is 25.7 Å². The van der Waals surface area contributed by atoms with Gasteiger partial charge in [-0.25, -0.2) is 0 Å². The Balaban J connectivity index is 0.00000529. The van der Waals surface area contributed by atoms with Gasteiger partial charge in [0.2, 0.25) is 0 Å². The molecule has 0 aliphatic rings. The van der Waals surface area contributed by atoms with Crippen LogP contribution in [0.4, 0.5) is 0 Å². The number of guanidine groups is 1. The second-order valence-electron chi connectivity index (χ2n) is 6.26. The number of phenols is 1. The van der Waals surface area contributed by atoms with Gasteiger partial charge in [0.1, 0.15) is 11.5 Å². The van der Waals surface area contributed by atoms with E-state index in [1.54, 1.807) is 20.2 Å². The Morgan fingerprint density at radius 1 is 1.25 bits per heavy atom. The van der Waals surface area contributed by atoms with Gasteiger partial charge in [-0.2, -0.15) is 0 Å². The first-order valence-corrected chi connectivity index (χ1v) is 8.29. The Morgan fingerprint density at radius 3 is 2.50 bits per heavy atom. The number of phenolic OH excluding ortho intramolecular Hbond substituents is 1. The van der Waals surface area contributed by atoms with Crippen LogP contribution in [-0.2, 0) is 6.42 Å². The monoisotopic (exact) mass is 449 g/mol. The molecule has 0 aliphatic carbocycles. The predicted octanol–water partition coefficient (Wildman–Crippen LogP) is 3.55. The Labute approximate surface area is 163 Å². The lowest BCUT2D eigenvalue weighted by atomic mass is 10.0. The molecule has 1 rings (SSSR count). The standard InChI is InChI=1S/C18H31N3O2.HI/c1-13(2)6-7-14(3)21-18(19-4)20-11-10-15-8-9-16(23-5)12-17(15)22;/h8-9,12-14,22H,6-7,10-11H2,1-5H3,(H2,19,20,21);1H. The molecule has 0 aliphatic heterocycles. The Morgan fingerprint density at radius 2 is 1.96 bits per heavy atom. The number of aromatic hydroxyl groups is 1. The number of nitrogens with one attached hydrogen (secondary N) is 2. The van der Waals surface area contributed by atoms with Crippen LogP contribution in [0, 0.1) is 5.92 Å². The molecule has 1 aromatic rings. The largest absolute Gasteiger partial charge is 0.508 e. The number of nitrogens with zero attached hydrogens (tertiary/aromatic N) is 1. The smallest absolute Gasteiger partial charge is 0.191 e. The summed E-state index contributed by atoms with van der Waals surface area (Å²) in [6, 6.07) is 5.77. The fraction of sp³-hybridized carbons (Fsp3) is 0.611. The van der Waals surface area contributed by atoms with Gasteiger partial charge >= 0.3 is 0 Å². The zero-order valence-corrected chi connectivity index (χ0v) is 17.8. The van der Waals surface area contributed by atoms with Crippen molar-refractivity contribution in [3.05, 3.63) is 23.8 Å². The Bertz CT molecular complexity index is 507. The third-order valence-corrected chi connectivity index (χ3v) is 3.76. The van der Waals surface area contributed by atoms with Crippen molar-refractivity contribution >= 4 is 29.9 Å². The van der Waals surface area contributed by atoms with E-state index in [4.69, 9.17) is 4.74 Å². The average molecular weight is 449 g/mol. The van der Waals surface area contributed by atoms with Crippen LogP contribution in [0.2, 0.25) is 0 Å². The van der Waals surface area contributed by atoms with Crippen LogP contribution in [-0.4, -0.2) is 37.8 Å². The number of hydrogen-bond donors (Lipinski definition) is 3. The number of halogens is 1. The lowest BCUT2D eigenvalue weighted by molar-refractivity contribution is 0.406. The second kappa shape index (κ2) is 12.2. The van der Waals surface area contributed by atoms with Crippen molar-refractivity contribution in [2.24, 2.45) is 10.9 Å². The highest BCUT2D eigenvalue weighted by Gasteiger charge is 2.07. The Kier molecular flexibility index (Phi) is 11.6. The average Bonchev–Trinajstić information content (AvgIpc) is 2.53. The van der Waals surface area contributed by atoms with Crippen LogP contribution in [0.5, 0.6) is 11.5 Å². The summed E-state index contributed by atoms with van der Waals surface area (Å²) in [4.78, 5) is 4.25. The maximum atomic E-state index is 9.96. The van der Waals surface area contributed by atoms with Crippen LogP contribution in [0.15, 0.2) is 23.2 Å². The molecule has 0 bridgehead atoms. The maximum absolute atomic E-state index is 9.96. The summed E-state index contributed by atoms with van der Waals surface area (Å²) in [7, 11) is 3.36. The van der Waals surface area contributed by atoms with Gasteiger partial charge in [0.05, 0.1) is 7.11 Å². The molecule has 0 heterocycles. The normalized spacial score (nSPS) is 12.5. The molecule has 1 atom stereocenters. The van der Waals surface area contributed by atoms with E-state index in [1.807, 2.05) is 12.1 Å². The lowest BCUT2D eigenvalue weighted by Gasteiger charge is -2.18. The summed E-state index contributed by atoms with van der Waals surface area (Å²) in [5.41, 5.74) is 0.890. The summed E-state index contributed by atoms with van der Waals surface area (Å²) >= 11 is 0. The summed E-state index contributed by atoms with van der Waals surface area (Å²) < 4.78 is 5.09. The fourth-order valence-corrected chi connectivity index (χ4v) is 2.28. The van der Waals surface area contributed by atoms with E-state index in [-0.39, 0.29) is 29.7 Å². The van der Waals surface area contributed by atoms with Crippen molar-refractivity contribution in [3.63, 3.8) is 0 Å². The number of hydrogen-bond acceptors (Lipinski definition) is 3. The minimum absolute atomic E-state index is 0. The highest BCUT2D eigenvalue weighted by Crippen LogP contribution is 2.23. The van der Waals surface area contributed by atoms with Gasteiger partial charge in [-0.05, 0) is 43.7 Å². The first kappa shape index (κ1) is 22.8. The zero-order valence-electron chi connectivity index (χ0n) is 15.4. The molecule has 0 saturated carbocycles. The van der Waals surface area contributed by atoms with Gasteiger partial charge in [-0.1, -0.05) is 19.9 Å². The summed E-state index contributed by atoms with van der Waals surface area (Å²) in [6.07, 6.45) is 3.04. The van der Waals surface area contributed by atoms with Crippen LogP contribution in [0.25, 0.3) is 0 Å². The quantitative estimate of drug-likeness (QED) is 0.323. The SMILES string of the molecule is CN=C(NCCc1ccc(OC)cc1O)NC(C)CCC(C)C.I. The van der Waals surface area contributed by atoms with Crippen molar-refractivity contribution in [2.75, 3.05) is 20.7 Å². The molecule has 0 radical (unpaired) electrons. The molecule has 24 heavy (non-hydrogen) atoms. The third-order valence-electron chi connectivity index (χ3n) is 3.76. The molecule has 1 aromatic carbocycles. The maximum Gasteiger partial charge on any atom is 0.191 e. The molecule has 6 heteroatoms. The molecular weight excluding hydrogens is 417 g/mol. The van der Waals surface area contributed by atoms with Gasteiger partial charge in [0.25, 0.3) is 0 Å². The van der Waals surface area contributed by atoms with Crippen molar-refractivity contribution in [2.45, 2.75) is 46.1 Å². The van der Waals surface area contributed by atoms with Crippen LogP contribution < -0.4 is 15.4 Å². The molecular formula is C18H32IN3O2. The van der Waals surface area contributed by atoms with E-state index in [9.17, 15) is 5.11 Å². The van der Waals surface area contributed by atoms with Crippen molar-refractivity contribution in [1.29, 1.82) is 0 Å². The van der Waals surface area contributed by atoms with Crippen molar-refractivity contribution in [3.8, 4) is 11.5 Å². The molecule has 138 valence electrons. The van der Waals surface area contributed by atoms with Crippen molar-refractivity contribution < 1.29 is 9.84 Å². The van der Waals surface area contributed by atoms with E-state index < -0.39 is 0 Å². The first-order chi connectivity index (χ1) is 11.0. The number of methoxy groups -OCH3 is 1. The van der Waals surface area contributed by atoms with Gasteiger partial charge < -0.3 is 20.5 Å². The molecule has 3 N–H and O–H groups in total. The highest BCUT2D eigenvalue weighted by atomic mass is 127. The van der Waals surface area contributed by atoms with Crippen LogP contribution >= 0.6 is 24.0 Å². The number of ether oxygens (including phenoxy) is 1. The molecule has 0 amide bonds. The van der Waals surface area contributed by atoms with E-state index in [0.29, 0.717) is 24.3 Å². The van der Waals surface area contributed by atoms with E-state index >= 15 is 0 Å². The molecule has 1 unspecified atom stereocenters. The lowest BCUT2D eigenvalue weighted by Crippen LogP contribution is -2.43. The zero-order chi connectivity index (χ0) is 17.2. The van der Waals surface area contributed by atoms with Gasteiger partial charge in [-0.3, -0.25) is 4.99 Å². The fourth-order valence-electron chi connectivity index (χ4n) is 2.28. The minimum atomic E-state index is 0. The van der Waals surface area contributed by atoms with Gasteiger partial charge in [0.15, 0.2) is 5.96 Å². The molecule has 0 aromatic heterocycles. The minimum Gasteiger partial charge on any atom is -0.508 e. The third kappa shape index (κ3) is 8.61. The number of rotatable bonds is 8. The van der Waals surface area contributed by atoms with Crippen LogP contribution in [0.1, 0.15) is 39.2 Å². The Hall–Kier alpha value is -1.18. The summed E-state index contributed by atoms with van der Waals surface area (Å²) in [5.74, 6) is 2.44. The number of aliphatic imine (C=N–C) groups is 1. The van der Waals surface area contributed by atoms with E-state index in [1.165, 1.54) is 6.42 Å². The molecule has 0 fully saturated rings. The summed E-state index contributed by atoms with van der Waals surface area (Å²) in [6.45, 7) is 7.35. The second-order valence-corrected chi connectivity index (χ2v) is 6.26. The van der Waals surface area contributed by atoms with Gasteiger partial charge in [-0.15, -0.1) is 24.0 Å². The highest BCUT2D eigenvalue weighted by molar-refractivity contribution is 14.0. The summed E-state index contributed by atoms with van der Waals surface area (Å²) in [5, 5.41) is 16.6. The number of benzene rings is 1. The topological polar surface area (TPSA) is 65.9 Å². The van der Waals surface area contributed by atoms with Crippen molar-refractivity contribution in [1.82, 2.24) is 10.6 Å². The molecule has 5 nitrogen and oxygen atoms in total.